The number of hydrogen-bond acceptors (Lipinski definition) is 3. The van der Waals surface area contributed by atoms with E-state index in [1.807, 2.05) is 36.4 Å². The zero-order valence-electron chi connectivity index (χ0n) is 15.2. The Morgan fingerprint density at radius 3 is 2.42 bits per heavy atom. The van der Waals surface area contributed by atoms with Gasteiger partial charge in [-0.25, -0.2) is 0 Å². The first-order chi connectivity index (χ1) is 12.5. The molecule has 2 heterocycles. The molecule has 0 N–H and O–H groups in total. The van der Waals surface area contributed by atoms with Crippen LogP contribution in [0.25, 0.3) is 10.9 Å². The second-order valence-corrected chi connectivity index (χ2v) is 7.18. The molecule has 1 aliphatic rings. The Morgan fingerprint density at radius 1 is 1.04 bits per heavy atom. The number of fused-ring (bicyclic) bond motifs is 3. The fraction of sp³-hybridized carbons (Fsp3) is 0.273. The molecule has 0 radical (unpaired) electrons. The van der Waals surface area contributed by atoms with Gasteiger partial charge in [-0.2, -0.15) is 0 Å². The highest BCUT2D eigenvalue weighted by Gasteiger charge is 2.33. The molecule has 0 aliphatic carbocycles. The normalized spacial score (nSPS) is 16.6. The lowest BCUT2D eigenvalue weighted by Gasteiger charge is -2.26. The van der Waals surface area contributed by atoms with Crippen molar-refractivity contribution < 1.29 is 9.53 Å². The van der Waals surface area contributed by atoms with Crippen molar-refractivity contribution in [3.05, 3.63) is 75.6 Å². The highest BCUT2D eigenvalue weighted by molar-refractivity contribution is 5.91. The van der Waals surface area contributed by atoms with Gasteiger partial charge in [-0.3, -0.25) is 9.59 Å². The molecule has 1 aromatic heterocycles. The van der Waals surface area contributed by atoms with E-state index in [0.717, 1.165) is 16.5 Å². The van der Waals surface area contributed by atoms with Crippen molar-refractivity contribution in [3.63, 3.8) is 0 Å². The van der Waals surface area contributed by atoms with Crippen molar-refractivity contribution in [1.82, 2.24) is 4.57 Å². The quantitative estimate of drug-likeness (QED) is 0.656. The van der Waals surface area contributed by atoms with E-state index in [2.05, 4.69) is 26.0 Å². The number of carbonyl (C=O) groups excluding carboxylic acids is 1. The van der Waals surface area contributed by atoms with Crippen molar-refractivity contribution in [2.45, 2.75) is 32.1 Å². The average Bonchev–Trinajstić information content (AvgIpc) is 2.65. The van der Waals surface area contributed by atoms with Crippen LogP contribution in [-0.2, 0) is 11.8 Å². The highest BCUT2D eigenvalue weighted by Crippen LogP contribution is 2.40. The molecule has 0 fully saturated rings. The summed E-state index contributed by atoms with van der Waals surface area (Å²) >= 11 is 0. The number of carbonyl (C=O) groups is 1. The van der Waals surface area contributed by atoms with Crippen LogP contribution in [0.3, 0.4) is 0 Å². The summed E-state index contributed by atoms with van der Waals surface area (Å²) in [7, 11) is 1.76. The molecule has 0 saturated carbocycles. The van der Waals surface area contributed by atoms with Gasteiger partial charge in [0.15, 0.2) is 0 Å². The number of ether oxygens (including phenoxy) is 1. The summed E-state index contributed by atoms with van der Waals surface area (Å²) in [6, 6.07) is 15.7. The van der Waals surface area contributed by atoms with E-state index in [1.165, 1.54) is 5.56 Å². The van der Waals surface area contributed by atoms with Crippen LogP contribution in [0, 0.1) is 0 Å². The van der Waals surface area contributed by atoms with Gasteiger partial charge in [-0.1, -0.05) is 50.2 Å². The van der Waals surface area contributed by atoms with Crippen LogP contribution in [0.1, 0.15) is 48.8 Å². The molecule has 0 amide bonds. The van der Waals surface area contributed by atoms with Gasteiger partial charge in [0.1, 0.15) is 5.75 Å². The number of pyridine rings is 1. The van der Waals surface area contributed by atoms with Crippen molar-refractivity contribution in [3.8, 4) is 5.75 Å². The largest absolute Gasteiger partial charge is 0.425 e. The summed E-state index contributed by atoms with van der Waals surface area (Å²) < 4.78 is 7.18. The van der Waals surface area contributed by atoms with Gasteiger partial charge in [0.25, 0.3) is 5.56 Å². The molecule has 0 saturated heterocycles. The van der Waals surface area contributed by atoms with E-state index in [-0.39, 0.29) is 23.9 Å². The van der Waals surface area contributed by atoms with Gasteiger partial charge in [0.2, 0.25) is 0 Å². The lowest BCUT2D eigenvalue weighted by atomic mass is 9.85. The van der Waals surface area contributed by atoms with Crippen LogP contribution in [0.4, 0.5) is 0 Å². The third kappa shape index (κ3) is 2.53. The number of para-hydroxylation sites is 1. The molecular formula is C22H21NO3. The zero-order chi connectivity index (χ0) is 18.4. The number of aromatic nitrogens is 1. The Labute approximate surface area is 152 Å². The molecule has 132 valence electrons. The summed E-state index contributed by atoms with van der Waals surface area (Å²) in [4.78, 5) is 25.4. The Morgan fingerprint density at radius 2 is 1.73 bits per heavy atom. The van der Waals surface area contributed by atoms with Crippen molar-refractivity contribution in [1.29, 1.82) is 0 Å². The lowest BCUT2D eigenvalue weighted by molar-refractivity contribution is -0.135. The van der Waals surface area contributed by atoms with Crippen LogP contribution in [0.15, 0.2) is 53.3 Å². The predicted octanol–water partition coefficient (Wildman–Crippen LogP) is 4.10. The summed E-state index contributed by atoms with van der Waals surface area (Å²) in [5.74, 6) is 0.270. The number of hydrogen-bond donors (Lipinski definition) is 0. The number of nitrogens with zero attached hydrogens (tertiary/aromatic N) is 1. The molecule has 1 atom stereocenters. The SMILES string of the molecule is CC(C)c1ccc([C@@H]2CC(=O)Oc3c2c(=O)n(C)c2ccccc32)cc1. The van der Waals surface area contributed by atoms with Gasteiger partial charge in [0, 0.05) is 18.4 Å². The first-order valence-corrected chi connectivity index (χ1v) is 8.89. The molecule has 0 spiro atoms. The Bertz CT molecular complexity index is 1060. The summed E-state index contributed by atoms with van der Waals surface area (Å²) in [6.45, 7) is 4.29. The second kappa shape index (κ2) is 6.13. The average molecular weight is 347 g/mol. The van der Waals surface area contributed by atoms with Crippen LogP contribution < -0.4 is 10.3 Å². The molecule has 0 bridgehead atoms. The van der Waals surface area contributed by atoms with Crippen LogP contribution in [0.5, 0.6) is 5.75 Å². The van der Waals surface area contributed by atoms with E-state index in [1.54, 1.807) is 11.6 Å². The lowest BCUT2D eigenvalue weighted by Crippen LogP contribution is -2.31. The number of benzene rings is 2. The minimum Gasteiger partial charge on any atom is -0.425 e. The summed E-state index contributed by atoms with van der Waals surface area (Å²) in [5.41, 5.74) is 3.44. The summed E-state index contributed by atoms with van der Waals surface area (Å²) in [6.07, 6.45) is 0.182. The second-order valence-electron chi connectivity index (χ2n) is 7.18. The van der Waals surface area contributed by atoms with E-state index in [0.29, 0.717) is 17.2 Å². The van der Waals surface area contributed by atoms with Gasteiger partial charge in [-0.15, -0.1) is 0 Å². The first-order valence-electron chi connectivity index (χ1n) is 8.89. The highest BCUT2D eigenvalue weighted by atomic mass is 16.5. The third-order valence-electron chi connectivity index (χ3n) is 5.23. The maximum Gasteiger partial charge on any atom is 0.312 e. The first kappa shape index (κ1) is 16.6. The maximum absolute atomic E-state index is 13.1. The maximum atomic E-state index is 13.1. The zero-order valence-corrected chi connectivity index (χ0v) is 15.2. The van der Waals surface area contributed by atoms with E-state index in [9.17, 15) is 9.59 Å². The van der Waals surface area contributed by atoms with E-state index >= 15 is 0 Å². The minimum absolute atomic E-state index is 0.107. The van der Waals surface area contributed by atoms with Gasteiger partial charge in [0.05, 0.1) is 17.5 Å². The van der Waals surface area contributed by atoms with Crippen molar-refractivity contribution in [2.24, 2.45) is 7.05 Å². The standard InChI is InChI=1S/C22H21NO3/c1-13(2)14-8-10-15(11-9-14)17-12-19(24)26-21-16-6-4-5-7-18(16)23(3)22(25)20(17)21/h4-11,13,17H,12H2,1-3H3/t17-/m0/s1. The van der Waals surface area contributed by atoms with Gasteiger partial charge < -0.3 is 9.30 Å². The molecule has 0 unspecified atom stereocenters. The van der Waals surface area contributed by atoms with Crippen LogP contribution in [0.2, 0.25) is 0 Å². The molecule has 1 aliphatic heterocycles. The Balaban J connectivity index is 1.96. The van der Waals surface area contributed by atoms with Crippen LogP contribution >= 0.6 is 0 Å². The Kier molecular flexibility index (Phi) is 3.91. The van der Waals surface area contributed by atoms with Crippen molar-refractivity contribution >= 4 is 16.9 Å². The van der Waals surface area contributed by atoms with E-state index in [4.69, 9.17) is 4.74 Å². The predicted molar refractivity (Wildman–Crippen MR) is 102 cm³/mol. The topological polar surface area (TPSA) is 48.3 Å². The monoisotopic (exact) mass is 347 g/mol. The van der Waals surface area contributed by atoms with Gasteiger partial charge >= 0.3 is 5.97 Å². The summed E-state index contributed by atoms with van der Waals surface area (Å²) in [5, 5.41) is 0.793. The number of aryl methyl sites for hydroxylation is 1. The molecule has 4 nitrogen and oxygen atoms in total. The third-order valence-corrected chi connectivity index (χ3v) is 5.23. The fourth-order valence-electron chi connectivity index (χ4n) is 3.73. The molecule has 2 aromatic carbocycles. The smallest absolute Gasteiger partial charge is 0.312 e. The van der Waals surface area contributed by atoms with Gasteiger partial charge in [-0.05, 0) is 29.2 Å². The molecule has 3 aromatic rings. The number of esters is 1. The van der Waals surface area contributed by atoms with E-state index < -0.39 is 0 Å². The molecule has 26 heavy (non-hydrogen) atoms. The van der Waals surface area contributed by atoms with Crippen molar-refractivity contribution in [2.75, 3.05) is 0 Å². The fourth-order valence-corrected chi connectivity index (χ4v) is 3.73. The molecule has 4 heteroatoms. The number of rotatable bonds is 2. The van der Waals surface area contributed by atoms with Crippen LogP contribution in [-0.4, -0.2) is 10.5 Å². The minimum atomic E-state index is -0.297. The Hall–Kier alpha value is -2.88. The molecule has 4 rings (SSSR count). The molecular weight excluding hydrogens is 326 g/mol.